The molecule has 1 aliphatic rings. The first-order valence-corrected chi connectivity index (χ1v) is 7.89. The van der Waals surface area contributed by atoms with Crippen molar-refractivity contribution >= 4 is 23.4 Å². The molecule has 1 aromatic heterocycles. The number of amides is 1. The molecule has 1 aliphatic heterocycles. The lowest BCUT2D eigenvalue weighted by Crippen LogP contribution is -2.71. The second-order valence-corrected chi connectivity index (χ2v) is 7.48. The topological polar surface area (TPSA) is 91.8 Å². The van der Waals surface area contributed by atoms with E-state index >= 15 is 0 Å². The maximum Gasteiger partial charge on any atom is 0.410 e. The molecule has 0 unspecified atom stereocenters. The Hall–Kier alpha value is -1.67. The van der Waals surface area contributed by atoms with E-state index in [1.54, 1.807) is 32.5 Å². The summed E-state index contributed by atoms with van der Waals surface area (Å²) in [7, 11) is 0. The Bertz CT molecular complexity index is 533. The molecule has 0 spiro atoms. The number of thiazole rings is 1. The maximum atomic E-state index is 12.0. The van der Waals surface area contributed by atoms with Crippen molar-refractivity contribution in [1.82, 2.24) is 15.2 Å². The zero-order valence-electron chi connectivity index (χ0n) is 13.0. The first-order chi connectivity index (χ1) is 10.2. The maximum absolute atomic E-state index is 12.0. The zero-order chi connectivity index (χ0) is 16.4. The number of nitrogens with zero attached hydrogens (tertiary/aromatic N) is 2. The van der Waals surface area contributed by atoms with Gasteiger partial charge in [-0.1, -0.05) is 0 Å². The lowest BCUT2D eigenvalue weighted by Gasteiger charge is -2.49. The van der Waals surface area contributed by atoms with E-state index in [1.165, 1.54) is 16.2 Å². The van der Waals surface area contributed by atoms with Gasteiger partial charge in [0.1, 0.15) is 5.60 Å². The molecule has 122 valence electrons. The molecule has 0 radical (unpaired) electrons. The number of likely N-dealkylation sites (tertiary alicyclic amines) is 1. The summed E-state index contributed by atoms with van der Waals surface area (Å²) < 4.78 is 5.29. The fourth-order valence-electron chi connectivity index (χ4n) is 2.32. The average Bonchev–Trinajstić information content (AvgIpc) is 2.81. The van der Waals surface area contributed by atoms with Crippen LogP contribution in [-0.4, -0.2) is 51.3 Å². The van der Waals surface area contributed by atoms with E-state index in [0.29, 0.717) is 19.6 Å². The van der Waals surface area contributed by atoms with Crippen molar-refractivity contribution < 1.29 is 19.4 Å². The van der Waals surface area contributed by atoms with Crippen LogP contribution in [0.3, 0.4) is 0 Å². The summed E-state index contributed by atoms with van der Waals surface area (Å²) >= 11 is 1.51. The molecule has 1 aromatic rings. The highest BCUT2D eigenvalue weighted by Crippen LogP contribution is 2.27. The number of aliphatic carboxylic acids is 1. The number of carbonyl (C=O) groups is 2. The Balaban J connectivity index is 1.93. The molecule has 0 saturated carbocycles. The molecule has 8 heteroatoms. The first-order valence-electron chi connectivity index (χ1n) is 7.01. The molecule has 0 bridgehead atoms. The lowest BCUT2D eigenvalue weighted by molar-refractivity contribution is -0.141. The van der Waals surface area contributed by atoms with E-state index in [1.807, 2.05) is 0 Å². The highest BCUT2D eigenvalue weighted by Gasteiger charge is 2.47. The van der Waals surface area contributed by atoms with Crippen LogP contribution in [0.2, 0.25) is 0 Å². The number of hydrogen-bond donors (Lipinski definition) is 2. The number of hydrogen-bond acceptors (Lipinski definition) is 6. The van der Waals surface area contributed by atoms with Gasteiger partial charge in [0.25, 0.3) is 0 Å². The van der Waals surface area contributed by atoms with E-state index in [0.717, 1.165) is 4.88 Å². The van der Waals surface area contributed by atoms with Crippen LogP contribution in [0.5, 0.6) is 0 Å². The molecule has 2 heterocycles. The van der Waals surface area contributed by atoms with Gasteiger partial charge in [-0.3, -0.25) is 9.78 Å². The normalized spacial score (nSPS) is 17.0. The van der Waals surface area contributed by atoms with Crippen molar-refractivity contribution in [3.63, 3.8) is 0 Å². The van der Waals surface area contributed by atoms with Gasteiger partial charge in [0.15, 0.2) is 0 Å². The van der Waals surface area contributed by atoms with Gasteiger partial charge in [-0.2, -0.15) is 0 Å². The van der Waals surface area contributed by atoms with Crippen molar-refractivity contribution in [1.29, 1.82) is 0 Å². The second kappa shape index (κ2) is 6.21. The van der Waals surface area contributed by atoms with Gasteiger partial charge >= 0.3 is 12.1 Å². The summed E-state index contributed by atoms with van der Waals surface area (Å²) in [6.07, 6.45) is 1.30. The van der Waals surface area contributed by atoms with Crippen molar-refractivity contribution in [2.75, 3.05) is 13.1 Å². The predicted octanol–water partition coefficient (Wildman–Crippen LogP) is 1.70. The average molecular weight is 327 g/mol. The van der Waals surface area contributed by atoms with Crippen LogP contribution in [0.1, 0.15) is 32.1 Å². The minimum atomic E-state index is -0.888. The summed E-state index contributed by atoms with van der Waals surface area (Å²) in [6, 6.07) is 0. The Labute approximate surface area is 133 Å². The Morgan fingerprint density at radius 1 is 1.50 bits per heavy atom. The summed E-state index contributed by atoms with van der Waals surface area (Å²) in [4.78, 5) is 29.6. The van der Waals surface area contributed by atoms with E-state index < -0.39 is 23.2 Å². The van der Waals surface area contributed by atoms with E-state index in [4.69, 9.17) is 9.84 Å². The first kappa shape index (κ1) is 16.7. The van der Waals surface area contributed by atoms with Crippen LogP contribution in [0.25, 0.3) is 0 Å². The van der Waals surface area contributed by atoms with Crippen LogP contribution in [0.4, 0.5) is 4.79 Å². The number of carbonyl (C=O) groups excluding carboxylic acids is 1. The molecule has 1 saturated heterocycles. The summed E-state index contributed by atoms with van der Waals surface area (Å²) in [5, 5.41) is 12.4. The van der Waals surface area contributed by atoms with E-state index in [-0.39, 0.29) is 6.42 Å². The minimum Gasteiger partial charge on any atom is -0.481 e. The zero-order valence-corrected chi connectivity index (χ0v) is 13.8. The number of nitrogens with one attached hydrogen (secondary N) is 1. The molecular weight excluding hydrogens is 306 g/mol. The smallest absolute Gasteiger partial charge is 0.410 e. The third kappa shape index (κ3) is 4.41. The van der Waals surface area contributed by atoms with Crippen LogP contribution < -0.4 is 5.32 Å². The van der Waals surface area contributed by atoms with Gasteiger partial charge in [0.05, 0.1) is 17.5 Å². The molecule has 2 N–H and O–H groups in total. The highest BCUT2D eigenvalue weighted by atomic mass is 32.1. The molecule has 2 rings (SSSR count). The lowest BCUT2D eigenvalue weighted by atomic mass is 9.86. The Kier molecular flexibility index (Phi) is 4.72. The number of carboxylic acids is 1. The molecule has 0 aliphatic carbocycles. The third-order valence-electron chi connectivity index (χ3n) is 3.25. The Morgan fingerprint density at radius 2 is 2.18 bits per heavy atom. The van der Waals surface area contributed by atoms with Gasteiger partial charge in [-0.25, -0.2) is 4.79 Å². The molecule has 0 aromatic carbocycles. The molecule has 22 heavy (non-hydrogen) atoms. The van der Waals surface area contributed by atoms with Crippen molar-refractivity contribution in [3.05, 3.63) is 16.6 Å². The monoisotopic (exact) mass is 327 g/mol. The van der Waals surface area contributed by atoms with Gasteiger partial charge in [-0.15, -0.1) is 11.3 Å². The van der Waals surface area contributed by atoms with Crippen LogP contribution in [-0.2, 0) is 16.1 Å². The van der Waals surface area contributed by atoms with Crippen LogP contribution >= 0.6 is 11.3 Å². The largest absolute Gasteiger partial charge is 0.481 e. The minimum absolute atomic E-state index is 0.0366. The second-order valence-electron chi connectivity index (χ2n) is 6.51. The van der Waals surface area contributed by atoms with Gasteiger partial charge in [0, 0.05) is 30.7 Å². The number of rotatable bonds is 5. The van der Waals surface area contributed by atoms with E-state index in [9.17, 15) is 9.59 Å². The number of carboxylic acid groups (broad SMARTS) is 1. The van der Waals surface area contributed by atoms with Gasteiger partial charge < -0.3 is 20.1 Å². The molecule has 1 fully saturated rings. The third-order valence-corrected chi connectivity index (χ3v) is 4.03. The Morgan fingerprint density at radius 3 is 2.68 bits per heavy atom. The fraction of sp³-hybridized carbons (Fsp3) is 0.643. The number of aromatic nitrogens is 1. The molecule has 7 nitrogen and oxygen atoms in total. The van der Waals surface area contributed by atoms with Crippen molar-refractivity contribution in [2.45, 2.75) is 44.9 Å². The van der Waals surface area contributed by atoms with Crippen molar-refractivity contribution in [3.8, 4) is 0 Å². The predicted molar refractivity (Wildman–Crippen MR) is 81.7 cm³/mol. The SMILES string of the molecule is CC(C)(C)OC(=O)N1CC(CC(=O)O)(NCc2cncs2)C1. The molecule has 0 atom stereocenters. The summed E-state index contributed by atoms with van der Waals surface area (Å²) in [5.41, 5.74) is 0.569. The molecule has 1 amide bonds. The number of ether oxygens (including phenoxy) is 1. The molecular formula is C14H21N3O4S. The van der Waals surface area contributed by atoms with Gasteiger partial charge in [-0.05, 0) is 20.8 Å². The fourth-order valence-corrected chi connectivity index (χ4v) is 2.85. The summed E-state index contributed by atoms with van der Waals surface area (Å²) in [5.74, 6) is -0.888. The van der Waals surface area contributed by atoms with Crippen LogP contribution in [0, 0.1) is 0 Å². The van der Waals surface area contributed by atoms with E-state index in [2.05, 4.69) is 10.3 Å². The van der Waals surface area contributed by atoms with Crippen molar-refractivity contribution in [2.24, 2.45) is 0 Å². The van der Waals surface area contributed by atoms with Gasteiger partial charge in [0.2, 0.25) is 0 Å². The highest BCUT2D eigenvalue weighted by molar-refractivity contribution is 7.09. The van der Waals surface area contributed by atoms with Crippen LogP contribution in [0.15, 0.2) is 11.7 Å². The standard InChI is InChI=1S/C14H21N3O4S/c1-13(2,3)21-12(20)17-7-14(8-17,4-11(18)19)16-6-10-5-15-9-22-10/h5,9,16H,4,6-8H2,1-3H3,(H,18,19). The quantitative estimate of drug-likeness (QED) is 0.855. The summed E-state index contributed by atoms with van der Waals surface area (Å²) in [6.45, 7) is 6.60.